The summed E-state index contributed by atoms with van der Waals surface area (Å²) in [5, 5.41) is 16.2. The number of H-pyrrole nitrogens is 1. The number of aromatic nitrogens is 4. The Morgan fingerprint density at radius 2 is 2.36 bits per heavy atom. The molecule has 7 heteroatoms. The minimum absolute atomic E-state index is 0.192. The Labute approximate surface area is 132 Å². The second-order valence-corrected chi connectivity index (χ2v) is 5.87. The van der Waals surface area contributed by atoms with Crippen molar-refractivity contribution < 1.29 is 4.79 Å². The van der Waals surface area contributed by atoms with Crippen molar-refractivity contribution in [3.63, 3.8) is 0 Å². The Bertz CT molecular complexity index is 772. The van der Waals surface area contributed by atoms with E-state index in [1.807, 2.05) is 42.2 Å². The van der Waals surface area contributed by atoms with Crippen LogP contribution in [0.3, 0.4) is 0 Å². The lowest BCUT2D eigenvalue weighted by Crippen LogP contribution is -2.23. The van der Waals surface area contributed by atoms with E-state index < -0.39 is 0 Å². The van der Waals surface area contributed by atoms with Crippen molar-refractivity contribution in [3.8, 4) is 10.6 Å². The van der Waals surface area contributed by atoms with Gasteiger partial charge in [0.15, 0.2) is 5.69 Å². The highest BCUT2D eigenvalue weighted by atomic mass is 32.1. The Hall–Kier alpha value is -2.41. The molecule has 0 saturated heterocycles. The fraction of sp³-hybridized carbons (Fsp3) is 0.267. The normalized spacial score (nSPS) is 10.8. The van der Waals surface area contributed by atoms with Crippen molar-refractivity contribution in [2.24, 2.45) is 0 Å². The molecule has 3 rings (SSSR count). The molecule has 3 heterocycles. The van der Waals surface area contributed by atoms with Crippen LogP contribution in [0.4, 0.5) is 0 Å². The van der Waals surface area contributed by atoms with E-state index in [0.717, 1.165) is 28.4 Å². The first-order valence-electron chi connectivity index (χ1n) is 7.07. The van der Waals surface area contributed by atoms with Crippen LogP contribution in [0.15, 0.2) is 29.8 Å². The zero-order valence-electron chi connectivity index (χ0n) is 12.5. The molecule has 0 fully saturated rings. The molecule has 0 radical (unpaired) electrons. The zero-order valence-corrected chi connectivity index (χ0v) is 13.3. The van der Waals surface area contributed by atoms with Gasteiger partial charge in [-0.05, 0) is 31.4 Å². The number of rotatable bonds is 5. The summed E-state index contributed by atoms with van der Waals surface area (Å²) in [5.41, 5.74) is 3.20. The van der Waals surface area contributed by atoms with Crippen LogP contribution < -0.4 is 5.32 Å². The molecule has 0 aliphatic carbocycles. The van der Waals surface area contributed by atoms with Gasteiger partial charge in [-0.3, -0.25) is 14.6 Å². The number of aryl methyl sites for hydroxylation is 2. The minimum Gasteiger partial charge on any atom is -0.346 e. The molecule has 0 bridgehead atoms. The fourth-order valence-corrected chi connectivity index (χ4v) is 2.85. The molecule has 0 aliphatic rings. The van der Waals surface area contributed by atoms with Crippen LogP contribution in [0, 0.1) is 6.92 Å². The zero-order chi connectivity index (χ0) is 15.5. The Kier molecular flexibility index (Phi) is 4.06. The highest BCUT2D eigenvalue weighted by Crippen LogP contribution is 2.22. The van der Waals surface area contributed by atoms with E-state index in [1.165, 1.54) is 0 Å². The highest BCUT2D eigenvalue weighted by molar-refractivity contribution is 7.13. The molecule has 6 nitrogen and oxygen atoms in total. The SMILES string of the molecule is CCn1cc(CNC(=O)c2cc(-c3cccs3)[nH]n2)c(C)n1. The van der Waals surface area contributed by atoms with Gasteiger partial charge in [0.1, 0.15) is 0 Å². The van der Waals surface area contributed by atoms with Crippen molar-refractivity contribution >= 4 is 17.2 Å². The molecule has 0 aromatic carbocycles. The van der Waals surface area contributed by atoms with Gasteiger partial charge in [-0.15, -0.1) is 11.3 Å². The number of hydrogen-bond donors (Lipinski definition) is 2. The quantitative estimate of drug-likeness (QED) is 0.760. The van der Waals surface area contributed by atoms with Gasteiger partial charge in [-0.25, -0.2) is 0 Å². The van der Waals surface area contributed by atoms with Crippen LogP contribution in [0.25, 0.3) is 10.6 Å². The standard InChI is InChI=1S/C15H17N5OS/c1-3-20-9-11(10(2)19-20)8-16-15(21)13-7-12(17-18-13)14-5-4-6-22-14/h4-7,9H,3,8H2,1-2H3,(H,16,21)(H,17,18). The lowest BCUT2D eigenvalue weighted by Gasteiger charge is -2.01. The molecule has 0 spiro atoms. The summed E-state index contributed by atoms with van der Waals surface area (Å²) in [4.78, 5) is 13.2. The van der Waals surface area contributed by atoms with Crippen molar-refractivity contribution in [1.82, 2.24) is 25.3 Å². The number of aromatic amines is 1. The third-order valence-corrected chi connectivity index (χ3v) is 4.31. The third-order valence-electron chi connectivity index (χ3n) is 3.41. The maximum Gasteiger partial charge on any atom is 0.272 e. The second kappa shape index (κ2) is 6.15. The molecular weight excluding hydrogens is 298 g/mol. The fourth-order valence-electron chi connectivity index (χ4n) is 2.16. The summed E-state index contributed by atoms with van der Waals surface area (Å²) in [6.07, 6.45) is 1.96. The first kappa shape index (κ1) is 14.5. The number of carbonyl (C=O) groups is 1. The van der Waals surface area contributed by atoms with Crippen LogP contribution in [-0.2, 0) is 13.1 Å². The van der Waals surface area contributed by atoms with Crippen LogP contribution >= 0.6 is 11.3 Å². The number of hydrogen-bond acceptors (Lipinski definition) is 4. The molecule has 114 valence electrons. The molecule has 0 atom stereocenters. The van der Waals surface area contributed by atoms with Gasteiger partial charge < -0.3 is 5.32 Å². The maximum atomic E-state index is 12.2. The summed E-state index contributed by atoms with van der Waals surface area (Å²) in [6, 6.07) is 5.72. The lowest BCUT2D eigenvalue weighted by molar-refractivity contribution is 0.0946. The number of nitrogens with one attached hydrogen (secondary N) is 2. The predicted molar refractivity (Wildman–Crippen MR) is 85.7 cm³/mol. The van der Waals surface area contributed by atoms with Crippen molar-refractivity contribution in [1.29, 1.82) is 0 Å². The minimum atomic E-state index is -0.192. The summed E-state index contributed by atoms with van der Waals surface area (Å²) < 4.78 is 1.86. The van der Waals surface area contributed by atoms with Crippen molar-refractivity contribution in [3.05, 3.63) is 46.7 Å². The third kappa shape index (κ3) is 2.94. The van der Waals surface area contributed by atoms with E-state index in [2.05, 4.69) is 20.6 Å². The van der Waals surface area contributed by atoms with Crippen molar-refractivity contribution in [2.45, 2.75) is 26.9 Å². The molecule has 0 unspecified atom stereocenters. The predicted octanol–water partition coefficient (Wildman–Crippen LogP) is 2.59. The number of thiophene rings is 1. The summed E-state index contributed by atoms with van der Waals surface area (Å²) >= 11 is 1.60. The highest BCUT2D eigenvalue weighted by Gasteiger charge is 2.13. The maximum absolute atomic E-state index is 12.2. The molecule has 0 aliphatic heterocycles. The van der Waals surface area contributed by atoms with E-state index in [0.29, 0.717) is 12.2 Å². The van der Waals surface area contributed by atoms with Gasteiger partial charge >= 0.3 is 0 Å². The average Bonchev–Trinajstić information content (AvgIpc) is 3.24. The van der Waals surface area contributed by atoms with Crippen LogP contribution in [0.2, 0.25) is 0 Å². The van der Waals surface area contributed by atoms with Gasteiger partial charge in [-0.2, -0.15) is 10.2 Å². The summed E-state index contributed by atoms with van der Waals surface area (Å²) in [6.45, 7) is 5.24. The summed E-state index contributed by atoms with van der Waals surface area (Å²) in [7, 11) is 0. The number of carbonyl (C=O) groups excluding carboxylic acids is 1. The molecular formula is C15H17N5OS. The van der Waals surface area contributed by atoms with Crippen LogP contribution in [-0.4, -0.2) is 25.9 Å². The number of amides is 1. The molecule has 3 aromatic heterocycles. The number of nitrogens with zero attached hydrogens (tertiary/aromatic N) is 3. The van der Waals surface area contributed by atoms with E-state index in [-0.39, 0.29) is 5.91 Å². The molecule has 22 heavy (non-hydrogen) atoms. The van der Waals surface area contributed by atoms with Crippen LogP contribution in [0.1, 0.15) is 28.7 Å². The Morgan fingerprint density at radius 1 is 1.50 bits per heavy atom. The molecule has 2 N–H and O–H groups in total. The molecule has 1 amide bonds. The van der Waals surface area contributed by atoms with Crippen LogP contribution in [0.5, 0.6) is 0 Å². The average molecular weight is 315 g/mol. The first-order valence-corrected chi connectivity index (χ1v) is 7.95. The second-order valence-electron chi connectivity index (χ2n) is 4.92. The van der Waals surface area contributed by atoms with E-state index in [4.69, 9.17) is 0 Å². The topological polar surface area (TPSA) is 75.6 Å². The monoisotopic (exact) mass is 315 g/mol. The molecule has 3 aromatic rings. The van der Waals surface area contributed by atoms with Crippen molar-refractivity contribution in [2.75, 3.05) is 0 Å². The first-order chi connectivity index (χ1) is 10.7. The van der Waals surface area contributed by atoms with E-state index in [1.54, 1.807) is 17.4 Å². The summed E-state index contributed by atoms with van der Waals surface area (Å²) in [5.74, 6) is -0.192. The largest absolute Gasteiger partial charge is 0.346 e. The molecule has 0 saturated carbocycles. The van der Waals surface area contributed by atoms with Gasteiger partial charge in [-0.1, -0.05) is 6.07 Å². The Balaban J connectivity index is 1.66. The van der Waals surface area contributed by atoms with Gasteiger partial charge in [0, 0.05) is 24.8 Å². The van der Waals surface area contributed by atoms with Gasteiger partial charge in [0.25, 0.3) is 5.91 Å². The van der Waals surface area contributed by atoms with Gasteiger partial charge in [0.2, 0.25) is 0 Å². The van der Waals surface area contributed by atoms with E-state index >= 15 is 0 Å². The Morgan fingerprint density at radius 3 is 3.05 bits per heavy atom. The van der Waals surface area contributed by atoms with E-state index in [9.17, 15) is 4.79 Å². The van der Waals surface area contributed by atoms with Gasteiger partial charge in [0.05, 0.1) is 16.3 Å². The lowest BCUT2D eigenvalue weighted by atomic mass is 10.2. The smallest absolute Gasteiger partial charge is 0.272 e.